The van der Waals surface area contributed by atoms with Crippen LogP contribution in [-0.4, -0.2) is 35.5 Å². The number of carbonyl (C=O) groups excluding carboxylic acids is 2. The second-order valence-corrected chi connectivity index (χ2v) is 8.86. The van der Waals surface area contributed by atoms with Crippen LogP contribution in [0, 0.1) is 0 Å². The van der Waals surface area contributed by atoms with Crippen molar-refractivity contribution >= 4 is 17.5 Å². The molecule has 0 unspecified atom stereocenters. The SMILES string of the molecule is CC(C(=O)N1CCC2(CC1)NC(=O)c1ccccc1N2)(c1ccccc1)c1ccccc1. The van der Waals surface area contributed by atoms with Crippen molar-refractivity contribution in [3.8, 4) is 0 Å². The molecule has 1 spiro atoms. The Labute approximate surface area is 188 Å². The van der Waals surface area contributed by atoms with Gasteiger partial charge in [-0.2, -0.15) is 0 Å². The van der Waals surface area contributed by atoms with Crippen molar-refractivity contribution in [3.63, 3.8) is 0 Å². The molecule has 5 heteroatoms. The van der Waals surface area contributed by atoms with Crippen LogP contribution in [0.1, 0.15) is 41.3 Å². The highest BCUT2D eigenvalue weighted by molar-refractivity contribution is 6.02. The summed E-state index contributed by atoms with van der Waals surface area (Å²) in [6.45, 7) is 3.16. The van der Waals surface area contributed by atoms with Crippen LogP contribution in [0.5, 0.6) is 0 Å². The Kier molecular flexibility index (Phi) is 4.97. The van der Waals surface area contributed by atoms with Gasteiger partial charge in [0.25, 0.3) is 5.91 Å². The zero-order chi connectivity index (χ0) is 22.2. The van der Waals surface area contributed by atoms with Gasteiger partial charge < -0.3 is 15.5 Å². The minimum Gasteiger partial charge on any atom is -0.362 e. The van der Waals surface area contributed by atoms with Crippen LogP contribution in [0.15, 0.2) is 84.9 Å². The number of hydrogen-bond donors (Lipinski definition) is 2. The maximum Gasteiger partial charge on any atom is 0.255 e. The third kappa shape index (κ3) is 3.34. The summed E-state index contributed by atoms with van der Waals surface area (Å²) in [6, 6.07) is 27.5. The molecule has 3 aromatic rings. The number of amides is 2. The molecule has 0 bridgehead atoms. The van der Waals surface area contributed by atoms with E-state index in [1.165, 1.54) is 0 Å². The first-order chi connectivity index (χ1) is 15.5. The summed E-state index contributed by atoms with van der Waals surface area (Å²) in [6.07, 6.45) is 1.30. The first kappa shape index (κ1) is 20.3. The van der Waals surface area contributed by atoms with Gasteiger partial charge in [0.1, 0.15) is 5.66 Å². The smallest absolute Gasteiger partial charge is 0.255 e. The Morgan fingerprint density at radius 2 is 1.34 bits per heavy atom. The highest BCUT2D eigenvalue weighted by Crippen LogP contribution is 2.37. The van der Waals surface area contributed by atoms with Crippen LogP contribution >= 0.6 is 0 Å². The predicted octanol–water partition coefficient (Wildman–Crippen LogP) is 4.17. The Balaban J connectivity index is 1.40. The van der Waals surface area contributed by atoms with E-state index in [9.17, 15) is 9.59 Å². The topological polar surface area (TPSA) is 61.4 Å². The summed E-state index contributed by atoms with van der Waals surface area (Å²) in [4.78, 5) is 28.6. The minimum atomic E-state index is -0.775. The van der Waals surface area contributed by atoms with E-state index >= 15 is 0 Å². The number of nitrogens with one attached hydrogen (secondary N) is 2. The number of rotatable bonds is 3. The molecule has 2 amide bonds. The second-order valence-electron chi connectivity index (χ2n) is 8.86. The number of piperidine rings is 1. The Morgan fingerprint density at radius 3 is 1.94 bits per heavy atom. The fraction of sp³-hybridized carbons (Fsp3) is 0.259. The van der Waals surface area contributed by atoms with Crippen molar-refractivity contribution in [2.45, 2.75) is 30.8 Å². The van der Waals surface area contributed by atoms with Crippen LogP contribution in [-0.2, 0) is 10.2 Å². The van der Waals surface area contributed by atoms with Crippen molar-refractivity contribution in [1.82, 2.24) is 10.2 Å². The molecule has 0 radical (unpaired) electrons. The number of benzene rings is 3. The molecule has 2 aliphatic rings. The van der Waals surface area contributed by atoms with Crippen LogP contribution in [0.25, 0.3) is 0 Å². The standard InChI is InChI=1S/C27H27N3O2/c1-26(20-10-4-2-5-11-20,21-12-6-3-7-13-21)25(32)30-18-16-27(17-19-30)28-23-15-9-8-14-22(23)24(31)29-27/h2-15,28H,16-19H2,1H3,(H,29,31). The van der Waals surface area contributed by atoms with Crippen LogP contribution in [0.4, 0.5) is 5.69 Å². The lowest BCUT2D eigenvalue weighted by molar-refractivity contribution is -0.137. The van der Waals surface area contributed by atoms with Gasteiger partial charge in [-0.15, -0.1) is 0 Å². The van der Waals surface area contributed by atoms with Gasteiger partial charge in [0.05, 0.1) is 11.0 Å². The van der Waals surface area contributed by atoms with Crippen molar-refractivity contribution in [1.29, 1.82) is 0 Å². The molecule has 32 heavy (non-hydrogen) atoms. The normalized spacial score (nSPS) is 17.3. The number of hydrogen-bond acceptors (Lipinski definition) is 3. The van der Waals surface area contributed by atoms with Crippen molar-refractivity contribution < 1.29 is 9.59 Å². The van der Waals surface area contributed by atoms with E-state index in [-0.39, 0.29) is 11.8 Å². The van der Waals surface area contributed by atoms with E-state index in [4.69, 9.17) is 0 Å². The van der Waals surface area contributed by atoms with E-state index in [0.717, 1.165) is 16.8 Å². The molecule has 2 aliphatic heterocycles. The average Bonchev–Trinajstić information content (AvgIpc) is 2.85. The first-order valence-electron chi connectivity index (χ1n) is 11.1. The van der Waals surface area contributed by atoms with Gasteiger partial charge in [-0.1, -0.05) is 72.8 Å². The molecule has 5 rings (SSSR count). The van der Waals surface area contributed by atoms with Gasteiger partial charge in [-0.25, -0.2) is 0 Å². The highest BCUT2D eigenvalue weighted by Gasteiger charge is 2.45. The Bertz CT molecular complexity index is 1100. The third-order valence-electron chi connectivity index (χ3n) is 6.93. The molecular weight excluding hydrogens is 398 g/mol. The zero-order valence-electron chi connectivity index (χ0n) is 18.2. The summed E-state index contributed by atoms with van der Waals surface area (Å²) >= 11 is 0. The van der Waals surface area contributed by atoms with Crippen molar-refractivity contribution in [2.24, 2.45) is 0 Å². The summed E-state index contributed by atoms with van der Waals surface area (Å²) < 4.78 is 0. The Morgan fingerprint density at radius 1 is 0.812 bits per heavy atom. The van der Waals surface area contributed by atoms with E-state index < -0.39 is 11.1 Å². The molecule has 0 aliphatic carbocycles. The molecular formula is C27H27N3O2. The average molecular weight is 426 g/mol. The summed E-state index contributed by atoms with van der Waals surface area (Å²) in [5.41, 5.74) is 2.19. The van der Waals surface area contributed by atoms with Gasteiger partial charge in [0.2, 0.25) is 5.91 Å². The van der Waals surface area contributed by atoms with Crippen molar-refractivity contribution in [2.75, 3.05) is 18.4 Å². The number of anilines is 1. The number of fused-ring (bicyclic) bond motifs is 1. The predicted molar refractivity (Wildman–Crippen MR) is 125 cm³/mol. The second kappa shape index (κ2) is 7.83. The molecule has 0 aromatic heterocycles. The number of carbonyl (C=O) groups is 2. The highest BCUT2D eigenvalue weighted by atomic mass is 16.2. The number of likely N-dealkylation sites (tertiary alicyclic amines) is 1. The molecule has 2 N–H and O–H groups in total. The van der Waals surface area contributed by atoms with E-state index in [0.29, 0.717) is 31.5 Å². The molecule has 1 saturated heterocycles. The summed E-state index contributed by atoms with van der Waals surface area (Å²) in [7, 11) is 0. The zero-order valence-corrected chi connectivity index (χ0v) is 18.2. The van der Waals surface area contributed by atoms with E-state index in [1.807, 2.05) is 96.8 Å². The molecule has 0 saturated carbocycles. The number of para-hydroxylation sites is 1. The van der Waals surface area contributed by atoms with Gasteiger partial charge in [0, 0.05) is 31.6 Å². The molecule has 0 atom stereocenters. The Hall–Kier alpha value is -3.60. The van der Waals surface area contributed by atoms with Gasteiger partial charge in [-0.05, 0) is 30.2 Å². The lowest BCUT2D eigenvalue weighted by Crippen LogP contribution is -2.63. The van der Waals surface area contributed by atoms with Gasteiger partial charge in [0.15, 0.2) is 0 Å². The largest absolute Gasteiger partial charge is 0.362 e. The summed E-state index contributed by atoms with van der Waals surface area (Å²) in [5.74, 6) is 0.0322. The van der Waals surface area contributed by atoms with Crippen LogP contribution in [0.2, 0.25) is 0 Å². The van der Waals surface area contributed by atoms with Gasteiger partial charge in [-0.3, -0.25) is 9.59 Å². The third-order valence-corrected chi connectivity index (χ3v) is 6.93. The minimum absolute atomic E-state index is 0.0578. The van der Waals surface area contributed by atoms with Gasteiger partial charge >= 0.3 is 0 Å². The number of nitrogens with zero attached hydrogens (tertiary/aromatic N) is 1. The fourth-order valence-electron chi connectivity index (χ4n) is 4.98. The quantitative estimate of drug-likeness (QED) is 0.662. The monoisotopic (exact) mass is 425 g/mol. The molecule has 5 nitrogen and oxygen atoms in total. The summed E-state index contributed by atoms with van der Waals surface area (Å²) in [5, 5.41) is 6.70. The van der Waals surface area contributed by atoms with Crippen LogP contribution < -0.4 is 10.6 Å². The molecule has 3 aromatic carbocycles. The maximum absolute atomic E-state index is 14.0. The molecule has 1 fully saturated rings. The molecule has 2 heterocycles. The fourth-order valence-corrected chi connectivity index (χ4v) is 4.98. The van der Waals surface area contributed by atoms with E-state index in [2.05, 4.69) is 10.6 Å². The van der Waals surface area contributed by atoms with Crippen molar-refractivity contribution in [3.05, 3.63) is 102 Å². The maximum atomic E-state index is 14.0. The van der Waals surface area contributed by atoms with E-state index in [1.54, 1.807) is 0 Å². The lowest BCUT2D eigenvalue weighted by atomic mass is 9.74. The van der Waals surface area contributed by atoms with Crippen LogP contribution in [0.3, 0.4) is 0 Å². The lowest BCUT2D eigenvalue weighted by Gasteiger charge is -2.47. The molecule has 162 valence electrons. The first-order valence-corrected chi connectivity index (χ1v) is 11.1.